The first-order valence-electron chi connectivity index (χ1n) is 6.57. The van der Waals surface area contributed by atoms with E-state index >= 15 is 0 Å². The smallest absolute Gasteiger partial charge is 0.307 e. The van der Waals surface area contributed by atoms with Crippen molar-refractivity contribution in [1.29, 1.82) is 0 Å². The predicted molar refractivity (Wildman–Crippen MR) is 77.2 cm³/mol. The molecule has 0 bridgehead atoms. The molecular weight excluding hydrogens is 258 g/mol. The number of nitrogens with zero attached hydrogens (tertiary/aromatic N) is 1. The molecule has 20 heavy (non-hydrogen) atoms. The molecular formula is C15H23NO4. The van der Waals surface area contributed by atoms with Gasteiger partial charge in [-0.15, -0.1) is 0 Å². The summed E-state index contributed by atoms with van der Waals surface area (Å²) in [7, 11) is 7.07. The van der Waals surface area contributed by atoms with Crippen LogP contribution in [0.5, 0.6) is 11.5 Å². The Labute approximate surface area is 120 Å². The van der Waals surface area contributed by atoms with E-state index in [1.165, 1.54) is 0 Å². The first-order valence-corrected chi connectivity index (χ1v) is 6.57. The van der Waals surface area contributed by atoms with Crippen molar-refractivity contribution in [3.63, 3.8) is 0 Å². The average molecular weight is 281 g/mol. The van der Waals surface area contributed by atoms with Crippen LogP contribution in [-0.2, 0) is 9.53 Å². The molecule has 0 aliphatic carbocycles. The van der Waals surface area contributed by atoms with Crippen LogP contribution in [0.2, 0.25) is 0 Å². The molecule has 0 spiro atoms. The molecule has 1 rings (SSSR count). The van der Waals surface area contributed by atoms with Crippen molar-refractivity contribution in [1.82, 2.24) is 4.90 Å². The Balaban J connectivity index is 3.09. The van der Waals surface area contributed by atoms with Gasteiger partial charge < -0.3 is 19.1 Å². The molecule has 5 nitrogen and oxygen atoms in total. The molecule has 0 amide bonds. The number of hydrogen-bond donors (Lipinski definition) is 0. The van der Waals surface area contributed by atoms with Gasteiger partial charge in [-0.1, -0.05) is 0 Å². The van der Waals surface area contributed by atoms with Gasteiger partial charge in [-0.05, 0) is 39.2 Å². The lowest BCUT2D eigenvalue weighted by Gasteiger charge is -2.25. The monoisotopic (exact) mass is 281 g/mol. The van der Waals surface area contributed by atoms with Gasteiger partial charge in [0, 0.05) is 11.6 Å². The lowest BCUT2D eigenvalue weighted by atomic mass is 10.0. The van der Waals surface area contributed by atoms with Crippen LogP contribution in [-0.4, -0.2) is 45.8 Å². The number of esters is 1. The molecule has 0 heterocycles. The molecule has 112 valence electrons. The van der Waals surface area contributed by atoms with Crippen LogP contribution < -0.4 is 9.47 Å². The van der Waals surface area contributed by atoms with Gasteiger partial charge >= 0.3 is 5.97 Å². The van der Waals surface area contributed by atoms with Crippen LogP contribution >= 0.6 is 0 Å². The summed E-state index contributed by atoms with van der Waals surface area (Å²) in [6, 6.07) is 5.44. The van der Waals surface area contributed by atoms with Crippen molar-refractivity contribution in [3.05, 3.63) is 23.8 Å². The summed E-state index contributed by atoms with van der Waals surface area (Å²) >= 11 is 0. The standard InChI is InChI=1S/C15H23NO4/c1-6-20-15(17)10-13(16(2)3)12-9-11(18-4)7-8-14(12)19-5/h7-9,13H,6,10H2,1-5H3. The van der Waals surface area contributed by atoms with Crippen molar-refractivity contribution >= 4 is 5.97 Å². The SMILES string of the molecule is CCOC(=O)CC(c1cc(OC)ccc1OC)N(C)C. The fraction of sp³-hybridized carbons (Fsp3) is 0.533. The van der Waals surface area contributed by atoms with Crippen LogP contribution in [0.1, 0.15) is 24.9 Å². The van der Waals surface area contributed by atoms with Gasteiger partial charge in [0.1, 0.15) is 11.5 Å². The van der Waals surface area contributed by atoms with Crippen LogP contribution in [0, 0.1) is 0 Å². The second-order valence-electron chi connectivity index (χ2n) is 4.60. The average Bonchev–Trinajstić information content (AvgIpc) is 2.44. The second-order valence-corrected chi connectivity index (χ2v) is 4.60. The topological polar surface area (TPSA) is 48.0 Å². The fourth-order valence-electron chi connectivity index (χ4n) is 2.05. The lowest BCUT2D eigenvalue weighted by molar-refractivity contribution is -0.144. The highest BCUT2D eigenvalue weighted by atomic mass is 16.5. The summed E-state index contributed by atoms with van der Waals surface area (Å²) in [5.74, 6) is 1.24. The summed E-state index contributed by atoms with van der Waals surface area (Å²) in [5, 5.41) is 0. The number of carbonyl (C=O) groups excluding carboxylic acids is 1. The highest BCUT2D eigenvalue weighted by molar-refractivity contribution is 5.70. The van der Waals surface area contributed by atoms with Gasteiger partial charge in [-0.3, -0.25) is 4.79 Å². The molecule has 1 aromatic rings. The van der Waals surface area contributed by atoms with E-state index in [-0.39, 0.29) is 18.4 Å². The zero-order chi connectivity index (χ0) is 15.1. The summed E-state index contributed by atoms with van der Waals surface area (Å²) in [4.78, 5) is 13.7. The molecule has 0 aliphatic heterocycles. The van der Waals surface area contributed by atoms with Gasteiger partial charge in [0.15, 0.2) is 0 Å². The van der Waals surface area contributed by atoms with Crippen molar-refractivity contribution in [2.75, 3.05) is 34.9 Å². The Morgan fingerprint density at radius 1 is 1.25 bits per heavy atom. The van der Waals surface area contributed by atoms with Gasteiger partial charge in [0.2, 0.25) is 0 Å². The molecule has 0 radical (unpaired) electrons. The third kappa shape index (κ3) is 4.13. The van der Waals surface area contributed by atoms with Crippen LogP contribution in [0.15, 0.2) is 18.2 Å². The van der Waals surface area contributed by atoms with Crippen molar-refractivity contribution in [2.24, 2.45) is 0 Å². The molecule has 0 saturated carbocycles. The Bertz CT molecular complexity index is 445. The number of rotatable bonds is 7. The van der Waals surface area contributed by atoms with E-state index < -0.39 is 0 Å². The largest absolute Gasteiger partial charge is 0.497 e. The van der Waals surface area contributed by atoms with Crippen molar-refractivity contribution < 1.29 is 19.0 Å². The first-order chi connectivity index (χ1) is 9.53. The summed E-state index contributed by atoms with van der Waals surface area (Å²) < 4.78 is 15.7. The van der Waals surface area contributed by atoms with E-state index in [0.29, 0.717) is 6.61 Å². The first kappa shape index (κ1) is 16.3. The lowest BCUT2D eigenvalue weighted by Crippen LogP contribution is -2.24. The van der Waals surface area contributed by atoms with Crippen LogP contribution in [0.25, 0.3) is 0 Å². The van der Waals surface area contributed by atoms with E-state index in [0.717, 1.165) is 17.1 Å². The molecule has 0 saturated heterocycles. The summed E-state index contributed by atoms with van der Waals surface area (Å²) in [5.41, 5.74) is 0.907. The molecule has 0 aromatic heterocycles. The number of hydrogen-bond acceptors (Lipinski definition) is 5. The summed E-state index contributed by atoms with van der Waals surface area (Å²) in [6.45, 7) is 2.18. The second kappa shape index (κ2) is 7.75. The minimum atomic E-state index is -0.226. The number of ether oxygens (including phenoxy) is 3. The third-order valence-electron chi connectivity index (χ3n) is 3.08. The van der Waals surface area contributed by atoms with Crippen LogP contribution in [0.3, 0.4) is 0 Å². The van der Waals surface area contributed by atoms with Crippen molar-refractivity contribution in [3.8, 4) is 11.5 Å². The molecule has 1 unspecified atom stereocenters. The van der Waals surface area contributed by atoms with Gasteiger partial charge in [-0.25, -0.2) is 0 Å². The predicted octanol–water partition coefficient (Wildman–Crippen LogP) is 2.26. The van der Waals surface area contributed by atoms with E-state index in [1.807, 2.05) is 37.2 Å². The zero-order valence-corrected chi connectivity index (χ0v) is 12.8. The third-order valence-corrected chi connectivity index (χ3v) is 3.08. The highest BCUT2D eigenvalue weighted by Crippen LogP contribution is 2.33. The fourth-order valence-corrected chi connectivity index (χ4v) is 2.05. The van der Waals surface area contributed by atoms with Crippen molar-refractivity contribution in [2.45, 2.75) is 19.4 Å². The zero-order valence-electron chi connectivity index (χ0n) is 12.8. The maximum Gasteiger partial charge on any atom is 0.307 e. The number of methoxy groups -OCH3 is 2. The maximum absolute atomic E-state index is 11.8. The van der Waals surface area contributed by atoms with E-state index in [1.54, 1.807) is 21.1 Å². The quantitative estimate of drug-likeness (QED) is 0.717. The Kier molecular flexibility index (Phi) is 6.31. The Morgan fingerprint density at radius 2 is 1.95 bits per heavy atom. The molecule has 5 heteroatoms. The van der Waals surface area contributed by atoms with Crippen LogP contribution in [0.4, 0.5) is 0 Å². The van der Waals surface area contributed by atoms with Gasteiger partial charge in [-0.2, -0.15) is 0 Å². The Hall–Kier alpha value is -1.75. The van der Waals surface area contributed by atoms with Gasteiger partial charge in [0.05, 0.1) is 27.2 Å². The Morgan fingerprint density at radius 3 is 2.45 bits per heavy atom. The molecule has 1 atom stereocenters. The summed E-state index contributed by atoms with van der Waals surface area (Å²) in [6.07, 6.45) is 0.268. The highest BCUT2D eigenvalue weighted by Gasteiger charge is 2.23. The number of carbonyl (C=O) groups is 1. The minimum Gasteiger partial charge on any atom is -0.497 e. The molecule has 0 N–H and O–H groups in total. The minimum absolute atomic E-state index is 0.126. The van der Waals surface area contributed by atoms with E-state index in [9.17, 15) is 4.79 Å². The maximum atomic E-state index is 11.8. The normalized spacial score (nSPS) is 12.1. The number of benzene rings is 1. The van der Waals surface area contributed by atoms with E-state index in [2.05, 4.69) is 0 Å². The molecule has 0 fully saturated rings. The van der Waals surface area contributed by atoms with E-state index in [4.69, 9.17) is 14.2 Å². The molecule has 0 aliphatic rings. The van der Waals surface area contributed by atoms with Gasteiger partial charge in [0.25, 0.3) is 0 Å². The molecule has 1 aromatic carbocycles.